The molecule has 132 valence electrons. The summed E-state index contributed by atoms with van der Waals surface area (Å²) in [5.41, 5.74) is 0.360. The molecule has 0 saturated carbocycles. The average Bonchev–Trinajstić information content (AvgIpc) is 2.45. The normalized spacial score (nSPS) is 13.1. The Balaban J connectivity index is 2.82. The number of hydrogen-bond donors (Lipinski definition) is 1. The smallest absolute Gasteiger partial charge is 0.413 e. The number of ether oxygens (including phenoxy) is 2. The fraction of sp³-hybridized carbons (Fsp3) is 0.500. The highest BCUT2D eigenvalue weighted by Crippen LogP contribution is 2.09. The third-order valence-electron chi connectivity index (χ3n) is 2.86. The molecule has 1 aromatic carbocycles. The van der Waals surface area contributed by atoms with Gasteiger partial charge in [0.05, 0.1) is 6.61 Å². The molecule has 0 aliphatic carbocycles. The number of carbonyl (C=O) groups is 2. The minimum atomic E-state index is -0.720. The van der Waals surface area contributed by atoms with E-state index in [1.165, 1.54) is 0 Å². The summed E-state index contributed by atoms with van der Waals surface area (Å²) in [5.74, 6) is -0.120. The second-order valence-corrected chi connectivity index (χ2v) is 6.30. The molecule has 0 aliphatic rings. The van der Waals surface area contributed by atoms with Gasteiger partial charge < -0.3 is 9.47 Å². The highest BCUT2D eigenvalue weighted by Gasteiger charge is 2.21. The van der Waals surface area contributed by atoms with E-state index in [-0.39, 0.29) is 6.61 Å². The number of aliphatic imine (C=N–C) groups is 1. The second kappa shape index (κ2) is 9.05. The molecule has 0 spiro atoms. The number of rotatable bonds is 5. The van der Waals surface area contributed by atoms with E-state index in [1.54, 1.807) is 34.6 Å². The average molecular weight is 334 g/mol. The van der Waals surface area contributed by atoms with Crippen LogP contribution in [0.5, 0.6) is 0 Å². The summed E-state index contributed by atoms with van der Waals surface area (Å²) in [4.78, 5) is 28.2. The summed E-state index contributed by atoms with van der Waals surface area (Å²) in [6.07, 6.45) is -0.210. The van der Waals surface area contributed by atoms with Gasteiger partial charge in [-0.1, -0.05) is 30.3 Å². The van der Waals surface area contributed by atoms with Crippen molar-refractivity contribution in [2.75, 3.05) is 6.61 Å². The van der Waals surface area contributed by atoms with Crippen LogP contribution in [0.25, 0.3) is 0 Å². The lowest BCUT2D eigenvalue weighted by atomic mass is 10.1. The lowest BCUT2D eigenvalue weighted by molar-refractivity contribution is -0.144. The Bertz CT molecular complexity index is 576. The van der Waals surface area contributed by atoms with Gasteiger partial charge in [-0.15, -0.1) is 0 Å². The van der Waals surface area contributed by atoms with Gasteiger partial charge >= 0.3 is 12.1 Å². The molecular formula is C18H26N2O4. The number of esters is 1. The molecular weight excluding hydrogens is 308 g/mol. The van der Waals surface area contributed by atoms with Crippen LogP contribution in [0.1, 0.15) is 40.2 Å². The standard InChI is InChI=1S/C18H26N2O4/c1-6-23-16(21)15(12-14-10-8-7-9-11-14)19-13(2)20-17(22)24-18(3,4)5/h7-11,15H,6,12H2,1-5H3,(H,19,20,22). The van der Waals surface area contributed by atoms with Crippen LogP contribution < -0.4 is 5.32 Å². The van der Waals surface area contributed by atoms with E-state index in [4.69, 9.17) is 9.47 Å². The first-order chi connectivity index (χ1) is 11.2. The second-order valence-electron chi connectivity index (χ2n) is 6.30. The molecule has 0 saturated heterocycles. The zero-order valence-electron chi connectivity index (χ0n) is 15.0. The van der Waals surface area contributed by atoms with Crippen LogP contribution in [0.2, 0.25) is 0 Å². The Morgan fingerprint density at radius 2 is 1.83 bits per heavy atom. The van der Waals surface area contributed by atoms with Gasteiger partial charge in [0.1, 0.15) is 11.4 Å². The molecule has 1 atom stereocenters. The zero-order valence-corrected chi connectivity index (χ0v) is 15.0. The first-order valence-electron chi connectivity index (χ1n) is 7.96. The van der Waals surface area contributed by atoms with Crippen LogP contribution in [-0.4, -0.2) is 36.1 Å². The van der Waals surface area contributed by atoms with Crippen LogP contribution in [-0.2, 0) is 20.7 Å². The number of hydrogen-bond acceptors (Lipinski definition) is 5. The number of nitrogens with one attached hydrogen (secondary N) is 1. The van der Waals surface area contributed by atoms with Crippen molar-refractivity contribution in [1.29, 1.82) is 0 Å². The molecule has 24 heavy (non-hydrogen) atoms. The molecule has 6 nitrogen and oxygen atoms in total. The van der Waals surface area contributed by atoms with Crippen LogP contribution in [0.15, 0.2) is 35.3 Å². The van der Waals surface area contributed by atoms with Crippen molar-refractivity contribution in [1.82, 2.24) is 5.32 Å². The predicted molar refractivity (Wildman–Crippen MR) is 93.0 cm³/mol. The minimum absolute atomic E-state index is 0.276. The first kappa shape index (κ1) is 19.7. The van der Waals surface area contributed by atoms with Gasteiger partial charge in [0, 0.05) is 6.42 Å². The molecule has 1 rings (SSSR count). The largest absolute Gasteiger partial charge is 0.464 e. The van der Waals surface area contributed by atoms with Crippen molar-refractivity contribution in [2.24, 2.45) is 4.99 Å². The van der Waals surface area contributed by atoms with E-state index in [1.807, 2.05) is 30.3 Å². The number of alkyl carbamates (subject to hydrolysis) is 1. The van der Waals surface area contributed by atoms with Crippen molar-refractivity contribution < 1.29 is 19.1 Å². The fourth-order valence-corrected chi connectivity index (χ4v) is 1.97. The number of carbonyl (C=O) groups excluding carboxylic acids is 2. The van der Waals surface area contributed by atoms with Gasteiger partial charge in [-0.25, -0.2) is 9.59 Å². The zero-order chi connectivity index (χ0) is 18.2. The quantitative estimate of drug-likeness (QED) is 0.510. The highest BCUT2D eigenvalue weighted by atomic mass is 16.6. The molecule has 0 fully saturated rings. The number of nitrogens with zero attached hydrogens (tertiary/aromatic N) is 1. The van der Waals surface area contributed by atoms with Crippen LogP contribution in [0, 0.1) is 0 Å². The van der Waals surface area contributed by atoms with Gasteiger partial charge in [-0.2, -0.15) is 0 Å². The number of amidine groups is 1. The molecule has 0 radical (unpaired) electrons. The first-order valence-corrected chi connectivity index (χ1v) is 7.96. The Kier molecular flexibility index (Phi) is 7.42. The SMILES string of the molecule is CCOC(=O)C(Cc1ccccc1)N=C(C)NC(=O)OC(C)(C)C. The number of amides is 1. The van der Waals surface area contributed by atoms with Crippen molar-refractivity contribution in [3.8, 4) is 0 Å². The summed E-state index contributed by atoms with van der Waals surface area (Å²) in [5, 5.41) is 2.53. The Hall–Kier alpha value is -2.37. The van der Waals surface area contributed by atoms with Gasteiger partial charge in [0.25, 0.3) is 0 Å². The molecule has 6 heteroatoms. The van der Waals surface area contributed by atoms with E-state index in [9.17, 15) is 9.59 Å². The van der Waals surface area contributed by atoms with E-state index in [2.05, 4.69) is 10.3 Å². The van der Waals surface area contributed by atoms with Gasteiger partial charge in [-0.05, 0) is 40.2 Å². The molecule has 0 heterocycles. The lowest BCUT2D eigenvalue weighted by Crippen LogP contribution is -2.36. The van der Waals surface area contributed by atoms with Crippen LogP contribution >= 0.6 is 0 Å². The van der Waals surface area contributed by atoms with E-state index >= 15 is 0 Å². The summed E-state index contributed by atoms with van der Waals surface area (Å²) >= 11 is 0. The highest BCUT2D eigenvalue weighted by molar-refractivity contribution is 5.95. The Morgan fingerprint density at radius 1 is 1.21 bits per heavy atom. The number of benzene rings is 1. The maximum absolute atomic E-state index is 12.1. The summed E-state index contributed by atoms with van der Waals surface area (Å²) < 4.78 is 10.2. The van der Waals surface area contributed by atoms with Crippen molar-refractivity contribution in [3.63, 3.8) is 0 Å². The fourth-order valence-electron chi connectivity index (χ4n) is 1.97. The predicted octanol–water partition coefficient (Wildman–Crippen LogP) is 3.10. The van der Waals surface area contributed by atoms with Crippen LogP contribution in [0.3, 0.4) is 0 Å². The van der Waals surface area contributed by atoms with Crippen LogP contribution in [0.4, 0.5) is 4.79 Å². The molecule has 1 aromatic rings. The summed E-state index contributed by atoms with van der Waals surface area (Å²) in [6, 6.07) is 8.81. The summed E-state index contributed by atoms with van der Waals surface area (Å²) in [7, 11) is 0. The van der Waals surface area contributed by atoms with E-state index in [0.29, 0.717) is 12.3 Å². The topological polar surface area (TPSA) is 77.0 Å². The molecule has 1 amide bonds. The lowest BCUT2D eigenvalue weighted by Gasteiger charge is -2.20. The Labute approximate surface area is 143 Å². The summed E-state index contributed by atoms with van der Waals surface area (Å²) in [6.45, 7) is 8.95. The third kappa shape index (κ3) is 7.76. The van der Waals surface area contributed by atoms with Crippen molar-refractivity contribution >= 4 is 17.9 Å². The van der Waals surface area contributed by atoms with E-state index in [0.717, 1.165) is 5.56 Å². The van der Waals surface area contributed by atoms with Crippen molar-refractivity contribution in [3.05, 3.63) is 35.9 Å². The molecule has 0 bridgehead atoms. The Morgan fingerprint density at radius 3 is 2.38 bits per heavy atom. The van der Waals surface area contributed by atoms with E-state index < -0.39 is 23.7 Å². The third-order valence-corrected chi connectivity index (χ3v) is 2.86. The van der Waals surface area contributed by atoms with Gasteiger partial charge in [0.15, 0.2) is 6.04 Å². The van der Waals surface area contributed by atoms with Gasteiger partial charge in [0.2, 0.25) is 0 Å². The monoisotopic (exact) mass is 334 g/mol. The molecule has 1 N–H and O–H groups in total. The van der Waals surface area contributed by atoms with Gasteiger partial charge in [-0.3, -0.25) is 10.3 Å². The molecule has 1 unspecified atom stereocenters. The minimum Gasteiger partial charge on any atom is -0.464 e. The maximum atomic E-state index is 12.1. The maximum Gasteiger partial charge on any atom is 0.413 e. The molecule has 0 aliphatic heterocycles. The van der Waals surface area contributed by atoms with Crippen molar-refractivity contribution in [2.45, 2.75) is 52.7 Å². The molecule has 0 aromatic heterocycles.